The molecule has 2 unspecified atom stereocenters. The van der Waals surface area contributed by atoms with Gasteiger partial charge in [-0.15, -0.1) is 0 Å². The maximum Gasteiger partial charge on any atom is 0.267 e. The van der Waals surface area contributed by atoms with Crippen molar-refractivity contribution < 1.29 is 22.9 Å². The van der Waals surface area contributed by atoms with Crippen LogP contribution in [0.25, 0.3) is 0 Å². The second-order valence-electron chi connectivity index (χ2n) is 8.62. The highest BCUT2D eigenvalue weighted by Gasteiger charge is 2.24. The molecule has 0 aliphatic heterocycles. The van der Waals surface area contributed by atoms with E-state index in [1.54, 1.807) is 0 Å². The lowest BCUT2D eigenvalue weighted by Gasteiger charge is -2.21. The summed E-state index contributed by atoms with van der Waals surface area (Å²) in [4.78, 5) is 12.2. The number of allylic oxidation sites excluding steroid dienone is 1. The zero-order chi connectivity index (χ0) is 23.4. The van der Waals surface area contributed by atoms with Gasteiger partial charge in [0, 0.05) is 6.42 Å². The van der Waals surface area contributed by atoms with Crippen LogP contribution in [0.5, 0.6) is 0 Å². The maximum atomic E-state index is 12.2. The van der Waals surface area contributed by atoms with Crippen molar-refractivity contribution in [1.29, 1.82) is 0 Å². The van der Waals surface area contributed by atoms with Gasteiger partial charge in [-0.25, -0.2) is 0 Å². The molecule has 0 aliphatic rings. The summed E-state index contributed by atoms with van der Waals surface area (Å²) in [5, 5.41) is 12.9. The molecule has 0 aromatic rings. The van der Waals surface area contributed by atoms with Crippen molar-refractivity contribution in [1.82, 2.24) is 5.32 Å². The number of carbonyl (C=O) groups excluding carboxylic acids is 1. The van der Waals surface area contributed by atoms with Gasteiger partial charge in [0.2, 0.25) is 5.91 Å². The number of rotatable bonds is 21. The lowest BCUT2D eigenvalue weighted by molar-refractivity contribution is -0.122. The van der Waals surface area contributed by atoms with Gasteiger partial charge in [0.25, 0.3) is 10.1 Å². The molecule has 0 radical (unpaired) electrons. The van der Waals surface area contributed by atoms with E-state index in [9.17, 15) is 22.9 Å². The molecule has 0 saturated heterocycles. The largest absolute Gasteiger partial charge is 0.387 e. The summed E-state index contributed by atoms with van der Waals surface area (Å²) in [6.07, 6.45) is 19.3. The van der Waals surface area contributed by atoms with E-state index in [2.05, 4.69) is 19.2 Å². The topological polar surface area (TPSA) is 104 Å². The smallest absolute Gasteiger partial charge is 0.267 e. The normalized spacial score (nSPS) is 14.1. The van der Waals surface area contributed by atoms with Crippen LogP contribution in [0.2, 0.25) is 0 Å². The lowest BCUT2D eigenvalue weighted by atomic mass is 10.1. The Hall–Kier alpha value is -0.920. The lowest BCUT2D eigenvalue weighted by Crippen LogP contribution is -2.46. The predicted octanol–water partition coefficient (Wildman–Crippen LogP) is 5.56. The fourth-order valence-corrected chi connectivity index (χ4v) is 4.30. The minimum absolute atomic E-state index is 0.288. The minimum Gasteiger partial charge on any atom is -0.387 e. The van der Waals surface area contributed by atoms with Crippen molar-refractivity contribution >= 4 is 16.0 Å². The van der Waals surface area contributed by atoms with Gasteiger partial charge >= 0.3 is 0 Å². The SMILES string of the molecule is CCCCCCC/C=C/C(O)C(CS(=O)(=O)O)NC(=O)CCCCCCCCCCC. The minimum atomic E-state index is -4.31. The standard InChI is InChI=1S/C24H47NO5S/c1-3-5-7-9-11-12-14-16-18-20-24(27)25-22(21-31(28,29)30)23(26)19-17-15-13-10-8-6-4-2/h17,19,22-23,26H,3-16,18,20-21H2,1-2H3,(H,25,27)(H,28,29,30)/b19-17+. The average molecular weight is 462 g/mol. The number of hydrogen-bond donors (Lipinski definition) is 3. The first-order valence-electron chi connectivity index (χ1n) is 12.4. The second-order valence-corrected chi connectivity index (χ2v) is 10.1. The van der Waals surface area contributed by atoms with Crippen LogP contribution < -0.4 is 5.32 Å². The summed E-state index contributed by atoms with van der Waals surface area (Å²) < 4.78 is 31.8. The van der Waals surface area contributed by atoms with Crippen LogP contribution in [0.3, 0.4) is 0 Å². The van der Waals surface area contributed by atoms with Crippen LogP contribution in [0.1, 0.15) is 117 Å². The summed E-state index contributed by atoms with van der Waals surface area (Å²) in [5.41, 5.74) is 0. The third-order valence-corrected chi connectivity index (χ3v) is 6.24. The summed E-state index contributed by atoms with van der Waals surface area (Å²) in [6.45, 7) is 4.37. The molecule has 0 rings (SSSR count). The third-order valence-electron chi connectivity index (χ3n) is 5.46. The molecule has 0 spiro atoms. The molecule has 3 N–H and O–H groups in total. The highest BCUT2D eigenvalue weighted by Crippen LogP contribution is 2.11. The van der Waals surface area contributed by atoms with Gasteiger partial charge in [-0.2, -0.15) is 8.42 Å². The quantitative estimate of drug-likeness (QED) is 0.118. The molecule has 0 heterocycles. The molecule has 0 aromatic heterocycles. The Balaban J connectivity index is 4.24. The summed E-state index contributed by atoms with van der Waals surface area (Å²) in [6, 6.07) is -1.04. The van der Waals surface area contributed by atoms with Gasteiger partial charge in [0.15, 0.2) is 0 Å². The van der Waals surface area contributed by atoms with Crippen LogP contribution in [-0.4, -0.2) is 41.9 Å². The molecule has 0 bridgehead atoms. The fourth-order valence-electron chi connectivity index (χ4n) is 3.56. The van der Waals surface area contributed by atoms with Crippen molar-refractivity contribution in [2.24, 2.45) is 0 Å². The zero-order valence-electron chi connectivity index (χ0n) is 19.9. The number of amides is 1. The molecule has 0 aliphatic carbocycles. The maximum absolute atomic E-state index is 12.2. The zero-order valence-corrected chi connectivity index (χ0v) is 20.7. The van der Waals surface area contributed by atoms with Crippen LogP contribution in [-0.2, 0) is 14.9 Å². The van der Waals surface area contributed by atoms with Crippen LogP contribution >= 0.6 is 0 Å². The van der Waals surface area contributed by atoms with Crippen molar-refractivity contribution in [3.05, 3.63) is 12.2 Å². The summed E-state index contributed by atoms with van der Waals surface area (Å²) >= 11 is 0. The number of hydrogen-bond acceptors (Lipinski definition) is 4. The van der Waals surface area contributed by atoms with E-state index in [1.807, 2.05) is 6.08 Å². The van der Waals surface area contributed by atoms with E-state index in [-0.39, 0.29) is 5.91 Å². The van der Waals surface area contributed by atoms with Crippen LogP contribution in [0.4, 0.5) is 0 Å². The van der Waals surface area contributed by atoms with Gasteiger partial charge in [-0.1, -0.05) is 103 Å². The van der Waals surface area contributed by atoms with Crippen molar-refractivity contribution in [3.63, 3.8) is 0 Å². The molecule has 0 fully saturated rings. The van der Waals surface area contributed by atoms with E-state index in [0.29, 0.717) is 6.42 Å². The Labute approximate surface area is 191 Å². The number of aliphatic hydroxyl groups excluding tert-OH is 1. The van der Waals surface area contributed by atoms with Crippen LogP contribution in [0.15, 0.2) is 12.2 Å². The van der Waals surface area contributed by atoms with E-state index < -0.39 is 28.0 Å². The average Bonchev–Trinajstić information content (AvgIpc) is 2.70. The molecule has 7 heteroatoms. The second kappa shape index (κ2) is 19.7. The van der Waals surface area contributed by atoms with E-state index in [4.69, 9.17) is 0 Å². The Morgan fingerprint density at radius 2 is 1.32 bits per heavy atom. The Morgan fingerprint density at radius 1 is 0.839 bits per heavy atom. The molecule has 2 atom stereocenters. The van der Waals surface area contributed by atoms with Gasteiger partial charge in [-0.05, 0) is 19.3 Å². The van der Waals surface area contributed by atoms with Gasteiger partial charge in [-0.3, -0.25) is 9.35 Å². The Kier molecular flexibility index (Phi) is 19.2. The summed E-state index contributed by atoms with van der Waals surface area (Å²) in [7, 11) is -4.31. The predicted molar refractivity (Wildman–Crippen MR) is 129 cm³/mol. The Morgan fingerprint density at radius 3 is 1.84 bits per heavy atom. The molecule has 6 nitrogen and oxygen atoms in total. The first kappa shape index (κ1) is 30.1. The first-order chi connectivity index (χ1) is 14.8. The van der Waals surface area contributed by atoms with E-state index >= 15 is 0 Å². The van der Waals surface area contributed by atoms with E-state index in [0.717, 1.165) is 38.5 Å². The van der Waals surface area contributed by atoms with Crippen molar-refractivity contribution in [2.75, 3.05) is 5.75 Å². The molecule has 31 heavy (non-hydrogen) atoms. The number of unbranched alkanes of at least 4 members (excludes halogenated alkanes) is 13. The summed E-state index contributed by atoms with van der Waals surface area (Å²) in [5.74, 6) is -0.984. The van der Waals surface area contributed by atoms with Gasteiger partial charge < -0.3 is 10.4 Å². The third kappa shape index (κ3) is 20.7. The molecular formula is C24H47NO5S. The highest BCUT2D eigenvalue weighted by atomic mass is 32.2. The number of nitrogens with one attached hydrogen (secondary N) is 1. The van der Waals surface area contributed by atoms with Crippen molar-refractivity contribution in [2.45, 2.75) is 129 Å². The first-order valence-corrected chi connectivity index (χ1v) is 14.0. The molecule has 0 aromatic carbocycles. The van der Waals surface area contributed by atoms with Crippen molar-refractivity contribution in [3.8, 4) is 0 Å². The monoisotopic (exact) mass is 461 g/mol. The fraction of sp³-hybridized carbons (Fsp3) is 0.875. The number of carbonyl (C=O) groups is 1. The molecule has 184 valence electrons. The van der Waals surface area contributed by atoms with Crippen LogP contribution in [0, 0.1) is 0 Å². The molecular weight excluding hydrogens is 414 g/mol. The van der Waals surface area contributed by atoms with E-state index in [1.165, 1.54) is 63.9 Å². The molecule has 1 amide bonds. The Bertz CT molecular complexity index is 562. The highest BCUT2D eigenvalue weighted by molar-refractivity contribution is 7.85. The molecule has 0 saturated carbocycles. The number of aliphatic hydroxyl groups is 1. The van der Waals surface area contributed by atoms with Gasteiger partial charge in [0.1, 0.15) is 0 Å². The van der Waals surface area contributed by atoms with Gasteiger partial charge in [0.05, 0.1) is 17.9 Å².